The lowest BCUT2D eigenvalue weighted by Gasteiger charge is -2.21. The largest absolute Gasteiger partial charge is 0.462 e. The number of ether oxygens (including phenoxy) is 1. The minimum Gasteiger partial charge on any atom is -0.462 e. The Bertz CT molecular complexity index is 951. The van der Waals surface area contributed by atoms with Crippen LogP contribution in [0.3, 0.4) is 0 Å². The molecule has 2 aromatic rings. The van der Waals surface area contributed by atoms with Gasteiger partial charge in [-0.2, -0.15) is 5.26 Å². The molecule has 1 N–H and O–H groups in total. The molecule has 0 saturated heterocycles. The van der Waals surface area contributed by atoms with Crippen molar-refractivity contribution >= 4 is 29.3 Å². The van der Waals surface area contributed by atoms with Gasteiger partial charge in [-0.15, -0.1) is 0 Å². The van der Waals surface area contributed by atoms with Crippen molar-refractivity contribution in [3.63, 3.8) is 0 Å². The highest BCUT2D eigenvalue weighted by atomic mass is 32.2. The van der Waals surface area contributed by atoms with Crippen molar-refractivity contribution in [3.05, 3.63) is 52.7 Å². The van der Waals surface area contributed by atoms with E-state index in [4.69, 9.17) is 4.74 Å². The van der Waals surface area contributed by atoms with Crippen LogP contribution in [0.1, 0.15) is 47.4 Å². The Labute approximate surface area is 174 Å². The monoisotopic (exact) mass is 409 g/mol. The summed E-state index contributed by atoms with van der Waals surface area (Å²) in [6.45, 7) is 4.27. The fourth-order valence-electron chi connectivity index (χ4n) is 3.25. The molecule has 0 aliphatic heterocycles. The van der Waals surface area contributed by atoms with Crippen molar-refractivity contribution in [2.45, 2.75) is 38.1 Å². The number of nitriles is 1. The van der Waals surface area contributed by atoms with Gasteiger partial charge in [0.25, 0.3) is 0 Å². The number of carbonyl (C=O) groups is 2. The molecule has 1 amide bonds. The van der Waals surface area contributed by atoms with Crippen LogP contribution in [0.2, 0.25) is 0 Å². The van der Waals surface area contributed by atoms with Crippen LogP contribution in [0.25, 0.3) is 0 Å². The number of aromatic nitrogens is 1. The van der Waals surface area contributed by atoms with E-state index in [0.29, 0.717) is 34.4 Å². The van der Waals surface area contributed by atoms with Gasteiger partial charge in [0.2, 0.25) is 5.91 Å². The van der Waals surface area contributed by atoms with Crippen LogP contribution in [0.4, 0.5) is 5.69 Å². The number of rotatable bonds is 6. The minimum absolute atomic E-state index is 0.149. The van der Waals surface area contributed by atoms with E-state index in [1.165, 1.54) is 11.8 Å². The van der Waals surface area contributed by atoms with E-state index >= 15 is 0 Å². The summed E-state index contributed by atoms with van der Waals surface area (Å²) in [7, 11) is 0. The maximum atomic E-state index is 12.3. The minimum atomic E-state index is -0.391. The van der Waals surface area contributed by atoms with E-state index in [1.54, 1.807) is 31.2 Å². The first kappa shape index (κ1) is 20.9. The van der Waals surface area contributed by atoms with Crippen molar-refractivity contribution in [1.29, 1.82) is 5.26 Å². The van der Waals surface area contributed by atoms with Crippen molar-refractivity contribution in [3.8, 4) is 6.07 Å². The Morgan fingerprint density at radius 3 is 2.79 bits per heavy atom. The molecule has 29 heavy (non-hydrogen) atoms. The van der Waals surface area contributed by atoms with Crippen LogP contribution < -0.4 is 5.32 Å². The molecule has 0 saturated carbocycles. The molecule has 1 heterocycles. The second-order valence-corrected chi connectivity index (χ2v) is 8.01. The van der Waals surface area contributed by atoms with Crippen LogP contribution in [-0.4, -0.2) is 29.2 Å². The summed E-state index contributed by atoms with van der Waals surface area (Å²) in [6.07, 6.45) is 2.96. The number of fused-ring (bicyclic) bond motifs is 1. The lowest BCUT2D eigenvalue weighted by atomic mass is 9.87. The van der Waals surface area contributed by atoms with Crippen LogP contribution >= 0.6 is 11.8 Å². The molecular weight excluding hydrogens is 386 g/mol. The van der Waals surface area contributed by atoms with E-state index in [0.717, 1.165) is 30.5 Å². The van der Waals surface area contributed by atoms with E-state index in [2.05, 4.69) is 23.3 Å². The Hall–Kier alpha value is -2.85. The fourth-order valence-corrected chi connectivity index (χ4v) is 4.03. The highest BCUT2D eigenvalue weighted by molar-refractivity contribution is 8.00. The van der Waals surface area contributed by atoms with Crippen LogP contribution in [-0.2, 0) is 22.4 Å². The third-order valence-corrected chi connectivity index (χ3v) is 5.73. The SMILES string of the molecule is CCOC(=O)c1ccc(NC(=O)CSc2nc3c(cc2C#N)CC(C)CC3)cc1. The fraction of sp³-hybridized carbons (Fsp3) is 0.364. The van der Waals surface area contributed by atoms with Crippen LogP contribution in [0.5, 0.6) is 0 Å². The van der Waals surface area contributed by atoms with Gasteiger partial charge in [-0.05, 0) is 68.0 Å². The summed E-state index contributed by atoms with van der Waals surface area (Å²) in [5, 5.41) is 12.9. The molecule has 1 unspecified atom stereocenters. The number of hydrogen-bond acceptors (Lipinski definition) is 6. The number of carbonyl (C=O) groups excluding carboxylic acids is 2. The zero-order valence-corrected chi connectivity index (χ0v) is 17.3. The van der Waals surface area contributed by atoms with Gasteiger partial charge in [-0.3, -0.25) is 4.79 Å². The van der Waals surface area contributed by atoms with Gasteiger partial charge >= 0.3 is 5.97 Å². The highest BCUT2D eigenvalue weighted by Crippen LogP contribution is 2.29. The quantitative estimate of drug-likeness (QED) is 0.573. The number of aryl methyl sites for hydroxylation is 1. The number of nitrogens with one attached hydrogen (secondary N) is 1. The molecule has 1 aliphatic rings. The lowest BCUT2D eigenvalue weighted by molar-refractivity contribution is -0.113. The van der Waals surface area contributed by atoms with Gasteiger partial charge in [0, 0.05) is 11.4 Å². The molecule has 0 radical (unpaired) electrons. The van der Waals surface area contributed by atoms with Gasteiger partial charge in [-0.25, -0.2) is 9.78 Å². The van der Waals surface area contributed by atoms with Crippen molar-refractivity contribution in [2.24, 2.45) is 5.92 Å². The molecule has 3 rings (SSSR count). The molecule has 6 nitrogen and oxygen atoms in total. The van der Waals surface area contributed by atoms with Gasteiger partial charge in [0.15, 0.2) is 0 Å². The van der Waals surface area contributed by atoms with E-state index in [-0.39, 0.29) is 11.7 Å². The molecule has 0 spiro atoms. The molecule has 0 bridgehead atoms. The number of nitrogens with zero attached hydrogens (tertiary/aromatic N) is 2. The summed E-state index contributed by atoms with van der Waals surface area (Å²) < 4.78 is 4.94. The maximum Gasteiger partial charge on any atom is 0.338 e. The molecule has 0 fully saturated rings. The second kappa shape index (κ2) is 9.57. The summed E-state index contributed by atoms with van der Waals surface area (Å²) in [5.74, 6) is 0.167. The van der Waals surface area contributed by atoms with Crippen molar-refractivity contribution in [1.82, 2.24) is 4.98 Å². The highest BCUT2D eigenvalue weighted by Gasteiger charge is 2.20. The molecule has 1 aromatic carbocycles. The molecular formula is C22H23N3O3S. The predicted molar refractivity (Wildman–Crippen MR) is 112 cm³/mol. The first-order valence-electron chi connectivity index (χ1n) is 9.62. The average molecular weight is 410 g/mol. The predicted octanol–water partition coefficient (Wildman–Crippen LogP) is 3.99. The Kier molecular flexibility index (Phi) is 6.89. The Morgan fingerprint density at radius 1 is 1.34 bits per heavy atom. The van der Waals surface area contributed by atoms with Gasteiger partial charge in [0.1, 0.15) is 11.1 Å². The Balaban J connectivity index is 1.61. The molecule has 7 heteroatoms. The Morgan fingerprint density at radius 2 is 2.10 bits per heavy atom. The van der Waals surface area contributed by atoms with Crippen molar-refractivity contribution < 1.29 is 14.3 Å². The van der Waals surface area contributed by atoms with E-state index in [1.807, 2.05) is 6.07 Å². The first-order valence-corrected chi connectivity index (χ1v) is 10.6. The van der Waals surface area contributed by atoms with Crippen molar-refractivity contribution in [2.75, 3.05) is 17.7 Å². The second-order valence-electron chi connectivity index (χ2n) is 7.04. The zero-order chi connectivity index (χ0) is 20.8. The summed E-state index contributed by atoms with van der Waals surface area (Å²) in [4.78, 5) is 28.6. The summed E-state index contributed by atoms with van der Waals surface area (Å²) in [6, 6.07) is 10.7. The third kappa shape index (κ3) is 5.36. The molecule has 1 aliphatic carbocycles. The summed E-state index contributed by atoms with van der Waals surface area (Å²) >= 11 is 1.27. The first-order chi connectivity index (χ1) is 14.0. The number of hydrogen-bond donors (Lipinski definition) is 1. The van der Waals surface area contributed by atoms with Crippen LogP contribution in [0.15, 0.2) is 35.4 Å². The molecule has 1 aromatic heterocycles. The number of anilines is 1. The average Bonchev–Trinajstić information content (AvgIpc) is 2.72. The third-order valence-electron chi connectivity index (χ3n) is 4.74. The number of thioether (sulfide) groups is 1. The van der Waals surface area contributed by atoms with Crippen LogP contribution in [0, 0.1) is 17.2 Å². The lowest BCUT2D eigenvalue weighted by Crippen LogP contribution is -2.16. The van der Waals surface area contributed by atoms with Gasteiger partial charge in [0.05, 0.1) is 23.5 Å². The number of pyridine rings is 1. The van der Waals surface area contributed by atoms with Gasteiger partial charge in [-0.1, -0.05) is 18.7 Å². The standard InChI is InChI=1S/C22H23N3O3S/c1-3-28-22(27)15-5-7-18(8-6-15)24-20(26)13-29-21-17(12-23)11-16-10-14(2)4-9-19(16)25-21/h5-8,11,14H,3-4,9-10,13H2,1-2H3,(H,24,26). The topological polar surface area (TPSA) is 92.1 Å². The smallest absolute Gasteiger partial charge is 0.338 e. The number of amides is 1. The zero-order valence-electron chi connectivity index (χ0n) is 16.5. The number of benzene rings is 1. The normalized spacial score (nSPS) is 15.1. The van der Waals surface area contributed by atoms with E-state index < -0.39 is 5.97 Å². The number of esters is 1. The molecule has 150 valence electrons. The van der Waals surface area contributed by atoms with E-state index in [9.17, 15) is 14.9 Å². The maximum absolute atomic E-state index is 12.3. The molecule has 1 atom stereocenters. The van der Waals surface area contributed by atoms with Gasteiger partial charge < -0.3 is 10.1 Å². The summed E-state index contributed by atoms with van der Waals surface area (Å²) in [5.41, 5.74) is 3.74.